The van der Waals surface area contributed by atoms with Gasteiger partial charge in [-0.05, 0) is 12.1 Å². The Kier molecular flexibility index (Phi) is 4.59. The molecule has 0 saturated carbocycles. The second-order valence-corrected chi connectivity index (χ2v) is 3.20. The summed E-state index contributed by atoms with van der Waals surface area (Å²) in [6.07, 6.45) is -0.652. The highest BCUT2D eigenvalue weighted by Gasteiger charge is 2.18. The number of hydrogen-bond donors (Lipinski definition) is 3. The highest BCUT2D eigenvalue weighted by atomic mass is 16.3. The van der Waals surface area contributed by atoms with E-state index in [9.17, 15) is 5.11 Å². The second kappa shape index (κ2) is 5.75. The Balaban J connectivity index is 2.67. The summed E-state index contributed by atoms with van der Waals surface area (Å²) >= 11 is 0. The average molecular weight is 195 g/mol. The summed E-state index contributed by atoms with van der Waals surface area (Å²) in [5.41, 5.74) is 0.826. The topological polar surface area (TPSA) is 52.5 Å². The minimum absolute atomic E-state index is 0.0656. The van der Waals surface area contributed by atoms with Crippen LogP contribution < -0.4 is 5.32 Å². The molecule has 1 rings (SSSR count). The molecule has 3 nitrogen and oxygen atoms in total. The first-order valence-corrected chi connectivity index (χ1v) is 4.86. The van der Waals surface area contributed by atoms with Crippen LogP contribution in [0, 0.1) is 0 Å². The average Bonchev–Trinajstić information content (AvgIpc) is 2.26. The number of nitrogens with one attached hydrogen (secondary N) is 1. The maximum atomic E-state index is 9.89. The molecule has 3 N–H and O–H groups in total. The Labute approximate surface area is 84.4 Å². The molecule has 0 spiro atoms. The first-order valence-electron chi connectivity index (χ1n) is 4.86. The van der Waals surface area contributed by atoms with Crippen LogP contribution in [0.3, 0.4) is 0 Å². The zero-order valence-electron chi connectivity index (χ0n) is 8.35. The van der Waals surface area contributed by atoms with Crippen LogP contribution in [-0.4, -0.2) is 29.4 Å². The lowest BCUT2D eigenvalue weighted by Crippen LogP contribution is -2.37. The summed E-state index contributed by atoms with van der Waals surface area (Å²) in [4.78, 5) is 0. The third-order valence-corrected chi connectivity index (χ3v) is 2.19. The van der Waals surface area contributed by atoms with Gasteiger partial charge in [-0.2, -0.15) is 0 Å². The Morgan fingerprint density at radius 2 is 1.93 bits per heavy atom. The molecule has 1 aromatic rings. The van der Waals surface area contributed by atoms with Crippen molar-refractivity contribution in [1.82, 2.24) is 5.32 Å². The van der Waals surface area contributed by atoms with Crippen LogP contribution in [-0.2, 0) is 0 Å². The number of aliphatic hydroxyl groups is 2. The molecule has 0 bridgehead atoms. The van der Waals surface area contributed by atoms with Gasteiger partial charge in [0, 0.05) is 0 Å². The molecule has 1 aromatic carbocycles. The molecule has 0 aliphatic rings. The second-order valence-electron chi connectivity index (χ2n) is 3.20. The van der Waals surface area contributed by atoms with E-state index in [0.717, 1.165) is 12.1 Å². The Bertz CT molecular complexity index is 251. The van der Waals surface area contributed by atoms with Crippen LogP contribution in [0.5, 0.6) is 0 Å². The van der Waals surface area contributed by atoms with Gasteiger partial charge in [0.15, 0.2) is 0 Å². The highest BCUT2D eigenvalue weighted by molar-refractivity contribution is 5.18. The smallest absolute Gasteiger partial charge is 0.0965 e. The summed E-state index contributed by atoms with van der Waals surface area (Å²) in [7, 11) is 0. The number of benzene rings is 1. The fourth-order valence-corrected chi connectivity index (χ4v) is 1.42. The molecule has 0 unspecified atom stereocenters. The minimum atomic E-state index is -0.652. The van der Waals surface area contributed by atoms with Gasteiger partial charge < -0.3 is 15.5 Å². The standard InChI is InChI=1S/C11H17NO2/c1-2-12-10(8-13)11(14)9-6-4-3-5-7-9/h3-7,10-14H,2,8H2,1H3/t10-,11-/m1/s1. The van der Waals surface area contributed by atoms with Crippen molar-refractivity contribution in [2.75, 3.05) is 13.2 Å². The normalized spacial score (nSPS) is 15.1. The van der Waals surface area contributed by atoms with E-state index in [2.05, 4.69) is 5.32 Å². The Morgan fingerprint density at radius 3 is 2.43 bits per heavy atom. The molecule has 0 heterocycles. The van der Waals surface area contributed by atoms with E-state index < -0.39 is 6.10 Å². The van der Waals surface area contributed by atoms with E-state index in [-0.39, 0.29) is 12.6 Å². The van der Waals surface area contributed by atoms with Crippen molar-refractivity contribution in [2.45, 2.75) is 19.1 Å². The van der Waals surface area contributed by atoms with E-state index in [1.54, 1.807) is 0 Å². The van der Waals surface area contributed by atoms with Gasteiger partial charge in [0.2, 0.25) is 0 Å². The quantitative estimate of drug-likeness (QED) is 0.648. The van der Waals surface area contributed by atoms with Gasteiger partial charge in [0.1, 0.15) is 0 Å². The lowest BCUT2D eigenvalue weighted by Gasteiger charge is -2.21. The van der Waals surface area contributed by atoms with Gasteiger partial charge in [-0.1, -0.05) is 37.3 Å². The van der Waals surface area contributed by atoms with Crippen LogP contribution in [0.25, 0.3) is 0 Å². The van der Waals surface area contributed by atoms with E-state index >= 15 is 0 Å². The molecule has 0 radical (unpaired) electrons. The number of likely N-dealkylation sites (N-methyl/N-ethyl adjacent to an activating group) is 1. The summed E-state index contributed by atoms with van der Waals surface area (Å²) in [6.45, 7) is 2.61. The van der Waals surface area contributed by atoms with E-state index in [1.807, 2.05) is 37.3 Å². The van der Waals surface area contributed by atoms with Crippen LogP contribution >= 0.6 is 0 Å². The van der Waals surface area contributed by atoms with E-state index in [4.69, 9.17) is 5.11 Å². The highest BCUT2D eigenvalue weighted by Crippen LogP contribution is 2.15. The first kappa shape index (κ1) is 11.2. The predicted octanol–water partition coefficient (Wildman–Crippen LogP) is 0.690. The monoisotopic (exact) mass is 195 g/mol. The van der Waals surface area contributed by atoms with Crippen molar-refractivity contribution in [3.8, 4) is 0 Å². The summed E-state index contributed by atoms with van der Waals surface area (Å²) in [5.74, 6) is 0. The molecule has 0 aromatic heterocycles. The van der Waals surface area contributed by atoms with E-state index in [0.29, 0.717) is 0 Å². The molecule has 3 heteroatoms. The minimum Gasteiger partial charge on any atom is -0.395 e. The molecule has 0 aliphatic heterocycles. The first-order chi connectivity index (χ1) is 6.79. The van der Waals surface area contributed by atoms with Crippen LogP contribution in [0.2, 0.25) is 0 Å². The lowest BCUT2D eigenvalue weighted by atomic mass is 10.0. The van der Waals surface area contributed by atoms with Crippen LogP contribution in [0.15, 0.2) is 30.3 Å². The molecule has 2 atom stereocenters. The van der Waals surface area contributed by atoms with Crippen molar-refractivity contribution >= 4 is 0 Å². The Hall–Kier alpha value is -0.900. The summed E-state index contributed by atoms with van der Waals surface area (Å²) < 4.78 is 0. The molecule has 14 heavy (non-hydrogen) atoms. The summed E-state index contributed by atoms with van der Waals surface area (Å²) in [6, 6.07) is 9.06. The predicted molar refractivity (Wildman–Crippen MR) is 56.0 cm³/mol. The van der Waals surface area contributed by atoms with Crippen LogP contribution in [0.4, 0.5) is 0 Å². The Morgan fingerprint density at radius 1 is 1.29 bits per heavy atom. The molecular weight excluding hydrogens is 178 g/mol. The molecule has 78 valence electrons. The van der Waals surface area contributed by atoms with Crippen molar-refractivity contribution in [2.24, 2.45) is 0 Å². The molecule has 0 aliphatic carbocycles. The maximum absolute atomic E-state index is 9.89. The molecular formula is C11H17NO2. The number of aliphatic hydroxyl groups excluding tert-OH is 2. The van der Waals surface area contributed by atoms with Gasteiger partial charge in [0.25, 0.3) is 0 Å². The van der Waals surface area contributed by atoms with Gasteiger partial charge >= 0.3 is 0 Å². The zero-order chi connectivity index (χ0) is 10.4. The number of hydrogen-bond acceptors (Lipinski definition) is 3. The molecule has 0 fully saturated rings. The van der Waals surface area contributed by atoms with Gasteiger partial charge in [-0.15, -0.1) is 0 Å². The molecule has 0 amide bonds. The van der Waals surface area contributed by atoms with Crippen molar-refractivity contribution < 1.29 is 10.2 Å². The van der Waals surface area contributed by atoms with Gasteiger partial charge in [0.05, 0.1) is 18.8 Å². The van der Waals surface area contributed by atoms with E-state index in [1.165, 1.54) is 0 Å². The number of rotatable bonds is 5. The maximum Gasteiger partial charge on any atom is 0.0965 e. The fraction of sp³-hybridized carbons (Fsp3) is 0.455. The van der Waals surface area contributed by atoms with Crippen molar-refractivity contribution in [3.05, 3.63) is 35.9 Å². The van der Waals surface area contributed by atoms with Gasteiger partial charge in [-0.25, -0.2) is 0 Å². The van der Waals surface area contributed by atoms with Gasteiger partial charge in [-0.3, -0.25) is 0 Å². The molecule has 0 saturated heterocycles. The lowest BCUT2D eigenvalue weighted by molar-refractivity contribution is 0.0911. The SMILES string of the molecule is CCN[C@H](CO)[C@H](O)c1ccccc1. The third kappa shape index (κ3) is 2.80. The third-order valence-electron chi connectivity index (χ3n) is 2.19. The zero-order valence-corrected chi connectivity index (χ0v) is 8.35. The van der Waals surface area contributed by atoms with Crippen LogP contribution in [0.1, 0.15) is 18.6 Å². The van der Waals surface area contributed by atoms with Crippen molar-refractivity contribution in [3.63, 3.8) is 0 Å². The summed E-state index contributed by atoms with van der Waals surface area (Å²) in [5, 5.41) is 22.0. The largest absolute Gasteiger partial charge is 0.395 e. The van der Waals surface area contributed by atoms with Crippen molar-refractivity contribution in [1.29, 1.82) is 0 Å². The fourth-order valence-electron chi connectivity index (χ4n) is 1.42.